The molecule has 7 rings (SSSR count). The van der Waals surface area contributed by atoms with Crippen LogP contribution < -0.4 is 21.3 Å². The van der Waals surface area contributed by atoms with E-state index in [4.69, 9.17) is 4.74 Å². The molecule has 4 N–H and O–H groups in total. The standard InChI is InChI=1S/C39H36N4O4/c44-35(26-11-5-2-1-3-6-12-26)40-31-17-19-32(20-18-31)42-38-34(47-38)28-15-9-10-16-29(23-28)36(45)41-33-21-22-39(25-30(39)24-33)43-37(46)27-13-7-4-8-14-27/h2-11,13-14,16-24,30,34,38,42H,1,12,15,25H2,(H,40,44)(H,41,45)(H,43,46)/b5-2-,6-3-,26-11+. The van der Waals surface area contributed by atoms with Crippen LogP contribution in [-0.2, 0) is 14.3 Å². The van der Waals surface area contributed by atoms with Crippen LogP contribution in [0.25, 0.3) is 0 Å². The van der Waals surface area contributed by atoms with Gasteiger partial charge in [0.25, 0.3) is 17.7 Å². The highest BCUT2D eigenvalue weighted by molar-refractivity contribution is 6.04. The molecular weight excluding hydrogens is 588 g/mol. The quantitative estimate of drug-likeness (QED) is 0.197. The van der Waals surface area contributed by atoms with Crippen LogP contribution in [0.15, 0.2) is 150 Å². The van der Waals surface area contributed by atoms with Crippen LogP contribution in [0.3, 0.4) is 0 Å². The molecule has 0 bridgehead atoms. The summed E-state index contributed by atoms with van der Waals surface area (Å²) in [5.74, 6) is -0.272. The molecule has 3 amide bonds. The summed E-state index contributed by atoms with van der Waals surface area (Å²) in [6.45, 7) is 0. The number of hydrogen-bond acceptors (Lipinski definition) is 5. The number of ether oxygens (including phenoxy) is 1. The van der Waals surface area contributed by atoms with Crippen molar-refractivity contribution in [1.82, 2.24) is 10.6 Å². The van der Waals surface area contributed by atoms with Crippen molar-refractivity contribution in [3.63, 3.8) is 0 Å². The van der Waals surface area contributed by atoms with Crippen molar-refractivity contribution in [1.29, 1.82) is 0 Å². The van der Waals surface area contributed by atoms with Crippen molar-refractivity contribution in [2.24, 2.45) is 5.92 Å². The molecule has 0 radical (unpaired) electrons. The zero-order valence-corrected chi connectivity index (χ0v) is 25.8. The maximum Gasteiger partial charge on any atom is 0.255 e. The first-order valence-electron chi connectivity index (χ1n) is 16.0. The Balaban J connectivity index is 0.912. The summed E-state index contributed by atoms with van der Waals surface area (Å²) in [5, 5.41) is 12.5. The number of fused-ring (bicyclic) bond motifs is 1. The first kappa shape index (κ1) is 30.2. The van der Waals surface area contributed by atoms with Gasteiger partial charge in [-0.2, -0.15) is 0 Å². The second-order valence-corrected chi connectivity index (χ2v) is 12.2. The molecular formula is C39H36N4O4. The van der Waals surface area contributed by atoms with Crippen molar-refractivity contribution in [3.8, 4) is 0 Å². The zero-order valence-electron chi connectivity index (χ0n) is 25.8. The summed E-state index contributed by atoms with van der Waals surface area (Å²) >= 11 is 0. The molecule has 2 fully saturated rings. The monoisotopic (exact) mass is 624 g/mol. The summed E-state index contributed by atoms with van der Waals surface area (Å²) < 4.78 is 5.97. The van der Waals surface area contributed by atoms with Crippen LogP contribution in [-0.4, -0.2) is 35.6 Å². The highest BCUT2D eigenvalue weighted by Gasteiger charge is 2.53. The molecule has 1 saturated heterocycles. The maximum absolute atomic E-state index is 13.3. The molecule has 1 saturated carbocycles. The van der Waals surface area contributed by atoms with Crippen molar-refractivity contribution in [2.45, 2.75) is 43.6 Å². The Hall–Kier alpha value is -5.47. The second kappa shape index (κ2) is 13.1. The lowest BCUT2D eigenvalue weighted by Crippen LogP contribution is -2.38. The van der Waals surface area contributed by atoms with Crippen molar-refractivity contribution < 1.29 is 19.1 Å². The molecule has 5 aliphatic rings. The number of benzene rings is 2. The Morgan fingerprint density at radius 3 is 2.43 bits per heavy atom. The van der Waals surface area contributed by atoms with Crippen molar-refractivity contribution >= 4 is 29.1 Å². The summed E-state index contributed by atoms with van der Waals surface area (Å²) in [4.78, 5) is 38.7. The molecule has 236 valence electrons. The lowest BCUT2D eigenvalue weighted by molar-refractivity contribution is -0.116. The topological polar surface area (TPSA) is 112 Å². The average molecular weight is 625 g/mol. The van der Waals surface area contributed by atoms with Gasteiger partial charge in [-0.25, -0.2) is 0 Å². The highest BCUT2D eigenvalue weighted by Crippen LogP contribution is 2.48. The van der Waals surface area contributed by atoms with Crippen LogP contribution in [0.4, 0.5) is 11.4 Å². The number of rotatable bonds is 9. The minimum Gasteiger partial charge on any atom is -0.358 e. The molecule has 2 aromatic carbocycles. The Morgan fingerprint density at radius 1 is 0.787 bits per heavy atom. The first-order chi connectivity index (χ1) is 23.0. The Kier molecular flexibility index (Phi) is 8.42. The number of carbonyl (C=O) groups is 3. The van der Waals surface area contributed by atoms with Gasteiger partial charge in [-0.3, -0.25) is 14.4 Å². The third-order valence-electron chi connectivity index (χ3n) is 8.82. The second-order valence-electron chi connectivity index (χ2n) is 12.2. The van der Waals surface area contributed by atoms with E-state index in [0.717, 1.165) is 35.5 Å². The molecule has 8 nitrogen and oxygen atoms in total. The van der Waals surface area contributed by atoms with Crippen molar-refractivity contribution in [2.75, 3.05) is 10.6 Å². The van der Waals surface area contributed by atoms with Gasteiger partial charge in [0.2, 0.25) is 0 Å². The van der Waals surface area contributed by atoms with E-state index in [-0.39, 0.29) is 41.5 Å². The zero-order chi connectivity index (χ0) is 32.2. The fourth-order valence-electron chi connectivity index (χ4n) is 6.00. The van der Waals surface area contributed by atoms with E-state index in [1.807, 2.05) is 109 Å². The molecule has 1 aliphatic heterocycles. The lowest BCUT2D eigenvalue weighted by Gasteiger charge is -2.19. The van der Waals surface area contributed by atoms with Gasteiger partial charge < -0.3 is 26.0 Å². The largest absolute Gasteiger partial charge is 0.358 e. The number of nitrogens with one attached hydrogen (secondary N) is 4. The molecule has 2 aromatic rings. The summed E-state index contributed by atoms with van der Waals surface area (Å²) in [7, 11) is 0. The number of allylic oxidation sites excluding steroid dienone is 9. The van der Waals surface area contributed by atoms with Gasteiger partial charge in [0.15, 0.2) is 6.23 Å². The number of hydrogen-bond donors (Lipinski definition) is 4. The van der Waals surface area contributed by atoms with E-state index in [0.29, 0.717) is 29.6 Å². The summed E-state index contributed by atoms with van der Waals surface area (Å²) in [6, 6.07) is 16.7. The molecule has 0 aromatic heterocycles. The SMILES string of the molecule is O=C(NC1=CC2CC2(NC(=O)c2ccccc2)C=C1)C1=CC=CCC(C2OC2Nc2ccc(NC(=O)/C3=C/C=C\C/C=C\C3)cc2)=C1. The minimum absolute atomic E-state index is 0.100. The predicted octanol–water partition coefficient (Wildman–Crippen LogP) is 6.17. The van der Waals surface area contributed by atoms with E-state index in [1.165, 1.54) is 0 Å². The minimum atomic E-state index is -0.389. The van der Waals surface area contributed by atoms with E-state index in [1.54, 1.807) is 12.1 Å². The van der Waals surface area contributed by atoms with Gasteiger partial charge in [0.1, 0.15) is 6.10 Å². The van der Waals surface area contributed by atoms with Crippen LogP contribution in [0, 0.1) is 5.92 Å². The Labute approximate surface area is 274 Å². The Bertz CT molecular complexity index is 1830. The molecule has 4 unspecified atom stereocenters. The van der Waals surface area contributed by atoms with Crippen LogP contribution in [0.5, 0.6) is 0 Å². The molecule has 47 heavy (non-hydrogen) atoms. The normalized spacial score (nSPS) is 27.8. The third kappa shape index (κ3) is 7.18. The van der Waals surface area contributed by atoms with Gasteiger partial charge in [0, 0.05) is 39.7 Å². The third-order valence-corrected chi connectivity index (χ3v) is 8.82. The molecule has 0 spiro atoms. The summed E-state index contributed by atoms with van der Waals surface area (Å²) in [5.41, 5.74) is 4.82. The van der Waals surface area contributed by atoms with Gasteiger partial charge in [-0.1, -0.05) is 72.9 Å². The van der Waals surface area contributed by atoms with Gasteiger partial charge in [-0.05, 0) is 85.9 Å². The number of carbonyl (C=O) groups excluding carboxylic acids is 3. The van der Waals surface area contributed by atoms with Gasteiger partial charge in [0.05, 0.1) is 5.54 Å². The maximum atomic E-state index is 13.3. The smallest absolute Gasteiger partial charge is 0.255 e. The molecule has 8 heteroatoms. The first-order valence-corrected chi connectivity index (χ1v) is 16.0. The van der Waals surface area contributed by atoms with Crippen LogP contribution in [0.1, 0.15) is 36.0 Å². The predicted molar refractivity (Wildman–Crippen MR) is 183 cm³/mol. The van der Waals surface area contributed by atoms with E-state index >= 15 is 0 Å². The highest BCUT2D eigenvalue weighted by atomic mass is 16.6. The van der Waals surface area contributed by atoms with E-state index in [2.05, 4.69) is 27.3 Å². The molecule has 4 aliphatic carbocycles. The van der Waals surface area contributed by atoms with E-state index < -0.39 is 0 Å². The van der Waals surface area contributed by atoms with Crippen molar-refractivity contribution in [3.05, 3.63) is 155 Å². The number of amides is 3. The lowest BCUT2D eigenvalue weighted by atomic mass is 10.0. The number of anilines is 2. The summed E-state index contributed by atoms with van der Waals surface area (Å²) in [6.07, 6.45) is 26.0. The number of epoxide rings is 1. The van der Waals surface area contributed by atoms with Crippen LogP contribution >= 0.6 is 0 Å². The van der Waals surface area contributed by atoms with Gasteiger partial charge in [-0.15, -0.1) is 0 Å². The van der Waals surface area contributed by atoms with Crippen LogP contribution in [0.2, 0.25) is 0 Å². The molecule has 4 atom stereocenters. The average Bonchev–Trinajstić information content (AvgIpc) is 3.98. The van der Waals surface area contributed by atoms with E-state index in [9.17, 15) is 14.4 Å². The Morgan fingerprint density at radius 2 is 1.60 bits per heavy atom. The van der Waals surface area contributed by atoms with Gasteiger partial charge >= 0.3 is 0 Å². The fourth-order valence-corrected chi connectivity index (χ4v) is 6.00. The molecule has 1 heterocycles. The fraction of sp³-hybridized carbons (Fsp3) is 0.205.